The zero-order valence-corrected chi connectivity index (χ0v) is 23.8. The van der Waals surface area contributed by atoms with Crippen LogP contribution in [-0.2, 0) is 27.9 Å². The van der Waals surface area contributed by atoms with Crippen LogP contribution in [-0.4, -0.2) is 54.3 Å². The Bertz CT molecular complexity index is 683. The Hall–Kier alpha value is -1.51. The minimum atomic E-state index is -4.38. The Morgan fingerprint density at radius 1 is 0.865 bits per heavy atom. The summed E-state index contributed by atoms with van der Waals surface area (Å²) in [6, 6.07) is 0. The molecule has 3 N–H and O–H groups in total. The summed E-state index contributed by atoms with van der Waals surface area (Å²) in [6.45, 7) is 2.85. The van der Waals surface area contributed by atoms with Gasteiger partial charge in [-0.05, 0) is 38.5 Å². The Kier molecular flexibility index (Phi) is 23.8. The van der Waals surface area contributed by atoms with Gasteiger partial charge in [0.1, 0.15) is 12.7 Å². The summed E-state index contributed by atoms with van der Waals surface area (Å²) in [5.74, 6) is -0.625. The molecular weight excluding hydrogens is 497 g/mol. The molecule has 0 aromatic heterocycles. The molecule has 216 valence electrons. The first-order valence-electron chi connectivity index (χ1n) is 13.8. The lowest BCUT2D eigenvalue weighted by molar-refractivity contribution is -0.146. The van der Waals surface area contributed by atoms with Gasteiger partial charge in [-0.1, -0.05) is 76.7 Å². The van der Waals surface area contributed by atoms with E-state index in [9.17, 15) is 24.2 Å². The van der Waals surface area contributed by atoms with Gasteiger partial charge in [0, 0.05) is 19.4 Å². The molecule has 0 saturated heterocycles. The largest absolute Gasteiger partial charge is 0.472 e. The van der Waals surface area contributed by atoms with Gasteiger partial charge >= 0.3 is 13.8 Å². The van der Waals surface area contributed by atoms with Crippen LogP contribution < -0.4 is 5.32 Å². The monoisotopic (exact) mass is 547 g/mol. The van der Waals surface area contributed by atoms with E-state index in [4.69, 9.17) is 9.26 Å². The number of ether oxygens (including phenoxy) is 1. The minimum absolute atomic E-state index is 0.0732. The average Bonchev–Trinajstić information content (AvgIpc) is 2.88. The lowest BCUT2D eigenvalue weighted by Crippen LogP contribution is -2.27. The standard InChI is InChI=1S/C27H50NO8P/c1-3-5-6-7-8-9-10-11-12-13-14-15-16-17-18-19-20-26(30)28-21-22-35-37(32,33)36-24-25(29)23-34-27(31)4-2/h9-10,12-13,25,29H,3-8,11,14-24H2,1-2H3,(H,28,30)(H,32,33)/b10-9-,13-12-. The normalized spacial score (nSPS) is 14.2. The van der Waals surface area contributed by atoms with Gasteiger partial charge in [-0.25, -0.2) is 4.57 Å². The van der Waals surface area contributed by atoms with Gasteiger partial charge in [0.2, 0.25) is 5.91 Å². The highest BCUT2D eigenvalue weighted by molar-refractivity contribution is 7.47. The van der Waals surface area contributed by atoms with Crippen molar-refractivity contribution in [2.45, 2.75) is 110 Å². The van der Waals surface area contributed by atoms with Crippen LogP contribution in [0.1, 0.15) is 104 Å². The fourth-order valence-electron chi connectivity index (χ4n) is 3.27. The second kappa shape index (κ2) is 24.8. The number of amides is 1. The first kappa shape index (κ1) is 35.5. The number of carbonyl (C=O) groups excluding carboxylic acids is 2. The molecule has 0 radical (unpaired) electrons. The number of aliphatic hydroxyl groups is 1. The number of rotatable bonds is 25. The van der Waals surface area contributed by atoms with Crippen LogP contribution in [0.2, 0.25) is 0 Å². The summed E-state index contributed by atoms with van der Waals surface area (Å²) in [5.41, 5.74) is 0. The predicted molar refractivity (Wildman–Crippen MR) is 146 cm³/mol. The highest BCUT2D eigenvalue weighted by atomic mass is 31.2. The van der Waals surface area contributed by atoms with E-state index in [1.165, 1.54) is 32.1 Å². The van der Waals surface area contributed by atoms with Gasteiger partial charge in [-0.3, -0.25) is 18.6 Å². The van der Waals surface area contributed by atoms with E-state index in [-0.39, 0.29) is 32.1 Å². The molecule has 0 rings (SSSR count). The summed E-state index contributed by atoms with van der Waals surface area (Å²) in [5, 5.41) is 12.2. The molecule has 0 spiro atoms. The minimum Gasteiger partial charge on any atom is -0.463 e. The molecule has 0 bridgehead atoms. The van der Waals surface area contributed by atoms with Gasteiger partial charge in [0.15, 0.2) is 0 Å². The molecule has 0 aromatic rings. The Morgan fingerprint density at radius 2 is 1.49 bits per heavy atom. The number of hydrogen-bond donors (Lipinski definition) is 3. The molecule has 0 fully saturated rings. The number of allylic oxidation sites excluding steroid dienone is 4. The Balaban J connectivity index is 3.59. The second-order valence-electron chi connectivity index (χ2n) is 8.97. The highest BCUT2D eigenvalue weighted by Crippen LogP contribution is 2.42. The van der Waals surface area contributed by atoms with Crippen LogP contribution in [0.4, 0.5) is 0 Å². The molecule has 2 unspecified atom stereocenters. The Labute approximate surface area is 223 Å². The number of phosphoric ester groups is 1. The van der Waals surface area contributed by atoms with Crippen molar-refractivity contribution in [2.24, 2.45) is 0 Å². The summed E-state index contributed by atoms with van der Waals surface area (Å²) in [6.07, 6.45) is 22.1. The molecule has 0 aliphatic rings. The molecule has 37 heavy (non-hydrogen) atoms. The zero-order chi connectivity index (χ0) is 27.6. The quantitative estimate of drug-likeness (QED) is 0.0569. The van der Waals surface area contributed by atoms with E-state index >= 15 is 0 Å². The predicted octanol–water partition coefficient (Wildman–Crippen LogP) is 5.75. The fraction of sp³-hybridized carbons (Fsp3) is 0.778. The third-order valence-electron chi connectivity index (χ3n) is 5.44. The summed E-state index contributed by atoms with van der Waals surface area (Å²) in [7, 11) is -4.38. The van der Waals surface area contributed by atoms with E-state index in [2.05, 4.69) is 41.1 Å². The maximum Gasteiger partial charge on any atom is 0.472 e. The van der Waals surface area contributed by atoms with Crippen molar-refractivity contribution in [3.05, 3.63) is 24.3 Å². The molecule has 0 heterocycles. The molecule has 0 aliphatic carbocycles. The van der Waals surface area contributed by atoms with Crippen molar-refractivity contribution in [3.8, 4) is 0 Å². The zero-order valence-electron chi connectivity index (χ0n) is 22.9. The third-order valence-corrected chi connectivity index (χ3v) is 6.42. The summed E-state index contributed by atoms with van der Waals surface area (Å²) < 4.78 is 25.9. The van der Waals surface area contributed by atoms with E-state index in [1.54, 1.807) is 6.92 Å². The molecular formula is C27H50NO8P. The molecule has 0 saturated carbocycles. The van der Waals surface area contributed by atoms with Crippen LogP contribution >= 0.6 is 7.82 Å². The number of unbranched alkanes of at least 4 members (excludes halogenated alkanes) is 9. The van der Waals surface area contributed by atoms with E-state index in [1.807, 2.05) is 0 Å². The number of carbonyl (C=O) groups is 2. The van der Waals surface area contributed by atoms with Crippen LogP contribution in [0, 0.1) is 0 Å². The highest BCUT2D eigenvalue weighted by Gasteiger charge is 2.23. The van der Waals surface area contributed by atoms with Crippen molar-refractivity contribution >= 4 is 19.7 Å². The van der Waals surface area contributed by atoms with Crippen LogP contribution in [0.15, 0.2) is 24.3 Å². The third kappa shape index (κ3) is 25.9. The van der Waals surface area contributed by atoms with Crippen LogP contribution in [0.25, 0.3) is 0 Å². The van der Waals surface area contributed by atoms with Gasteiger partial charge in [-0.15, -0.1) is 0 Å². The van der Waals surface area contributed by atoms with Crippen molar-refractivity contribution < 1.29 is 37.9 Å². The van der Waals surface area contributed by atoms with Crippen LogP contribution in [0.3, 0.4) is 0 Å². The van der Waals surface area contributed by atoms with Gasteiger partial charge in [-0.2, -0.15) is 0 Å². The molecule has 0 aromatic carbocycles. The number of aliphatic hydroxyl groups excluding tert-OH is 1. The number of hydrogen-bond acceptors (Lipinski definition) is 7. The maximum absolute atomic E-state index is 11.9. The first-order valence-corrected chi connectivity index (χ1v) is 15.3. The van der Waals surface area contributed by atoms with Gasteiger partial charge in [0.25, 0.3) is 0 Å². The van der Waals surface area contributed by atoms with E-state index < -0.39 is 26.5 Å². The van der Waals surface area contributed by atoms with Gasteiger partial charge < -0.3 is 20.1 Å². The lowest BCUT2D eigenvalue weighted by atomic mass is 10.1. The van der Waals surface area contributed by atoms with Crippen molar-refractivity contribution in [3.63, 3.8) is 0 Å². The summed E-state index contributed by atoms with van der Waals surface area (Å²) >= 11 is 0. The molecule has 2 atom stereocenters. The topological polar surface area (TPSA) is 131 Å². The lowest BCUT2D eigenvalue weighted by Gasteiger charge is -2.15. The molecule has 10 heteroatoms. The smallest absolute Gasteiger partial charge is 0.463 e. The van der Waals surface area contributed by atoms with Gasteiger partial charge in [0.05, 0.1) is 13.2 Å². The van der Waals surface area contributed by atoms with Crippen molar-refractivity contribution in [2.75, 3.05) is 26.4 Å². The van der Waals surface area contributed by atoms with Crippen molar-refractivity contribution in [1.29, 1.82) is 0 Å². The fourth-order valence-corrected chi connectivity index (χ4v) is 4.03. The SMILES string of the molecule is CCCCCC/C=C\C/C=C\CCCCCCCC(=O)NCCOP(=O)(O)OCC(O)COC(=O)CC. The molecule has 0 aliphatic heterocycles. The number of phosphoric acid groups is 1. The molecule has 9 nitrogen and oxygen atoms in total. The number of esters is 1. The Morgan fingerprint density at radius 3 is 2.14 bits per heavy atom. The number of nitrogens with one attached hydrogen (secondary N) is 1. The average molecular weight is 548 g/mol. The maximum atomic E-state index is 11.9. The summed E-state index contributed by atoms with van der Waals surface area (Å²) in [4.78, 5) is 32.5. The van der Waals surface area contributed by atoms with E-state index in [0.29, 0.717) is 6.42 Å². The van der Waals surface area contributed by atoms with E-state index in [0.717, 1.165) is 44.9 Å². The molecule has 1 amide bonds. The van der Waals surface area contributed by atoms with Crippen LogP contribution in [0.5, 0.6) is 0 Å². The second-order valence-corrected chi connectivity index (χ2v) is 10.4. The first-order chi connectivity index (χ1) is 17.8. The van der Waals surface area contributed by atoms with Crippen molar-refractivity contribution in [1.82, 2.24) is 5.32 Å².